The molecule has 0 aliphatic rings. The van der Waals surface area contributed by atoms with Crippen molar-refractivity contribution in [1.82, 2.24) is 0 Å². The van der Waals surface area contributed by atoms with Crippen molar-refractivity contribution in [2.45, 2.75) is 92.1 Å². The van der Waals surface area contributed by atoms with Crippen molar-refractivity contribution in [1.29, 1.82) is 0 Å². The van der Waals surface area contributed by atoms with Gasteiger partial charge in [0.05, 0.1) is 12.5 Å². The summed E-state index contributed by atoms with van der Waals surface area (Å²) >= 11 is 0. The molecule has 0 fully saturated rings. The van der Waals surface area contributed by atoms with Crippen molar-refractivity contribution < 1.29 is 20.1 Å². The molecule has 0 aliphatic heterocycles. The van der Waals surface area contributed by atoms with Crippen LogP contribution in [0.15, 0.2) is 54.6 Å². The number of phenols is 1. The predicted octanol–water partition coefficient (Wildman–Crippen LogP) is 7.75. The van der Waals surface area contributed by atoms with Crippen molar-refractivity contribution in [2.24, 2.45) is 5.41 Å². The van der Waals surface area contributed by atoms with Crippen molar-refractivity contribution in [3.8, 4) is 16.9 Å². The van der Waals surface area contributed by atoms with Gasteiger partial charge in [0.1, 0.15) is 5.75 Å². The summed E-state index contributed by atoms with van der Waals surface area (Å²) in [4.78, 5) is 11.2. The predicted molar refractivity (Wildman–Crippen MR) is 156 cm³/mol. The van der Waals surface area contributed by atoms with Crippen molar-refractivity contribution in [3.05, 3.63) is 88.0 Å². The van der Waals surface area contributed by atoms with Gasteiger partial charge >= 0.3 is 5.97 Å². The third kappa shape index (κ3) is 6.47. The van der Waals surface area contributed by atoms with E-state index < -0.39 is 5.97 Å². The second-order valence-electron chi connectivity index (χ2n) is 11.8. The Kier molecular flexibility index (Phi) is 9.09. The molecular weight excluding hydrogens is 472 g/mol. The number of hydrogen-bond acceptors (Lipinski definition) is 3. The van der Waals surface area contributed by atoms with E-state index in [1.54, 1.807) is 6.07 Å². The first-order chi connectivity index (χ1) is 17.8. The lowest BCUT2D eigenvalue weighted by molar-refractivity contribution is -0.136. The van der Waals surface area contributed by atoms with Crippen LogP contribution >= 0.6 is 0 Å². The molecule has 1 unspecified atom stereocenters. The molecule has 3 rings (SSSR count). The van der Waals surface area contributed by atoms with E-state index in [9.17, 15) is 20.1 Å². The maximum absolute atomic E-state index is 11.2. The van der Waals surface area contributed by atoms with Gasteiger partial charge in [0.15, 0.2) is 0 Å². The van der Waals surface area contributed by atoms with Crippen LogP contribution in [-0.2, 0) is 23.1 Å². The number of aromatic hydroxyl groups is 1. The molecule has 0 amide bonds. The summed E-state index contributed by atoms with van der Waals surface area (Å²) in [5.41, 5.74) is 8.32. The molecule has 0 radical (unpaired) electrons. The molecule has 0 saturated heterocycles. The largest absolute Gasteiger partial charge is 0.508 e. The van der Waals surface area contributed by atoms with E-state index in [-0.39, 0.29) is 29.1 Å². The van der Waals surface area contributed by atoms with E-state index >= 15 is 0 Å². The Morgan fingerprint density at radius 3 is 2.00 bits per heavy atom. The second kappa shape index (κ2) is 11.7. The monoisotopic (exact) mass is 516 g/mol. The van der Waals surface area contributed by atoms with Gasteiger partial charge in [-0.2, -0.15) is 0 Å². The van der Waals surface area contributed by atoms with E-state index in [1.807, 2.05) is 6.07 Å². The number of rotatable bonds is 10. The lowest BCUT2D eigenvalue weighted by atomic mass is 9.69. The average Bonchev–Trinajstić information content (AvgIpc) is 2.83. The summed E-state index contributed by atoms with van der Waals surface area (Å²) in [7, 11) is 0. The third-order valence-corrected chi connectivity index (χ3v) is 8.21. The Hall–Kier alpha value is -3.11. The Balaban J connectivity index is 1.96. The molecule has 0 saturated carbocycles. The molecule has 0 aromatic heterocycles. The fourth-order valence-electron chi connectivity index (χ4n) is 5.62. The van der Waals surface area contributed by atoms with E-state index in [2.05, 4.69) is 84.9 Å². The number of aliphatic carboxylic acids is 1. The van der Waals surface area contributed by atoms with Gasteiger partial charge in [-0.05, 0) is 102 Å². The fraction of sp³-hybridized carbons (Fsp3) is 0.441. The van der Waals surface area contributed by atoms with Crippen LogP contribution in [0.5, 0.6) is 5.75 Å². The lowest BCUT2D eigenvalue weighted by Gasteiger charge is -2.34. The minimum Gasteiger partial charge on any atom is -0.508 e. The number of carboxylic acids is 1. The van der Waals surface area contributed by atoms with Crippen LogP contribution in [0.1, 0.15) is 87.3 Å². The van der Waals surface area contributed by atoms with Crippen LogP contribution in [0.3, 0.4) is 0 Å². The highest BCUT2D eigenvalue weighted by Gasteiger charge is 2.31. The molecule has 3 N–H and O–H groups in total. The average molecular weight is 517 g/mol. The Morgan fingerprint density at radius 2 is 1.47 bits per heavy atom. The zero-order chi connectivity index (χ0) is 28.3. The first-order valence-electron chi connectivity index (χ1n) is 13.7. The molecule has 4 heteroatoms. The minimum atomic E-state index is -0.920. The van der Waals surface area contributed by atoms with Crippen molar-refractivity contribution in [2.75, 3.05) is 0 Å². The van der Waals surface area contributed by atoms with Gasteiger partial charge in [-0.25, -0.2) is 0 Å². The van der Waals surface area contributed by atoms with Crippen LogP contribution < -0.4 is 0 Å². The molecule has 1 atom stereocenters. The quantitative estimate of drug-likeness (QED) is 0.257. The topological polar surface area (TPSA) is 77.8 Å². The third-order valence-electron chi connectivity index (χ3n) is 8.21. The number of aliphatic hydroxyl groups excluding tert-OH is 1. The van der Waals surface area contributed by atoms with Gasteiger partial charge < -0.3 is 15.3 Å². The maximum Gasteiger partial charge on any atom is 0.307 e. The summed E-state index contributed by atoms with van der Waals surface area (Å²) in [5, 5.41) is 29.9. The summed E-state index contributed by atoms with van der Waals surface area (Å²) in [6.07, 6.45) is 3.06. The lowest BCUT2D eigenvalue weighted by Crippen LogP contribution is -2.27. The standard InChI is InChI=1S/C34H44O4/c1-8-34(9-2,27-12-10-25(22(3)16-27)11-15-31(36)33(5,6)7)28-13-14-30(23(4)17-28)26-18-24(20-32(37)38)19-29(35)21-26/h10,12-14,16-19,21,31,35-36H,8-9,11,15,20H2,1-7H3,(H,37,38). The van der Waals surface area contributed by atoms with Gasteiger partial charge in [-0.3, -0.25) is 4.79 Å². The molecule has 4 nitrogen and oxygen atoms in total. The van der Waals surface area contributed by atoms with Crippen LogP contribution in [0, 0.1) is 19.3 Å². The number of aliphatic hydroxyl groups is 1. The van der Waals surface area contributed by atoms with Crippen LogP contribution in [0.4, 0.5) is 0 Å². The molecule has 0 spiro atoms. The van der Waals surface area contributed by atoms with Gasteiger partial charge in [-0.1, -0.05) is 77.1 Å². The minimum absolute atomic E-state index is 0.0734. The molecule has 0 bridgehead atoms. The number of carboxylic acid groups (broad SMARTS) is 1. The number of benzene rings is 3. The highest BCUT2D eigenvalue weighted by molar-refractivity contribution is 5.74. The zero-order valence-corrected chi connectivity index (χ0v) is 24.1. The molecule has 0 aliphatic carbocycles. The number of aryl methyl sites for hydroxylation is 3. The SMILES string of the molecule is CCC(CC)(c1ccc(CCC(O)C(C)(C)C)c(C)c1)c1ccc(-c2cc(O)cc(CC(=O)O)c2)c(C)c1. The highest BCUT2D eigenvalue weighted by Crippen LogP contribution is 2.41. The molecule has 204 valence electrons. The molecule has 3 aromatic carbocycles. The van der Waals surface area contributed by atoms with Crippen molar-refractivity contribution >= 4 is 5.97 Å². The van der Waals surface area contributed by atoms with Gasteiger partial charge in [0, 0.05) is 5.41 Å². The second-order valence-corrected chi connectivity index (χ2v) is 11.8. The van der Waals surface area contributed by atoms with Gasteiger partial charge in [0.2, 0.25) is 0 Å². The first kappa shape index (κ1) is 29.4. The van der Waals surface area contributed by atoms with E-state index in [0.29, 0.717) is 5.56 Å². The van der Waals surface area contributed by atoms with Gasteiger partial charge in [-0.15, -0.1) is 0 Å². The Bertz CT molecular complexity index is 1280. The summed E-state index contributed by atoms with van der Waals surface area (Å²) < 4.78 is 0. The Labute approximate surface area is 228 Å². The highest BCUT2D eigenvalue weighted by atomic mass is 16.4. The summed E-state index contributed by atoms with van der Waals surface area (Å²) in [6, 6.07) is 18.4. The van der Waals surface area contributed by atoms with Crippen LogP contribution in [-0.4, -0.2) is 27.4 Å². The van der Waals surface area contributed by atoms with Gasteiger partial charge in [0.25, 0.3) is 0 Å². The number of hydrogen-bond donors (Lipinski definition) is 3. The maximum atomic E-state index is 11.2. The Morgan fingerprint density at radius 1 is 0.868 bits per heavy atom. The molecule has 3 aromatic rings. The number of phenolic OH excluding ortho intramolecular Hbond substituents is 1. The fourth-order valence-corrected chi connectivity index (χ4v) is 5.62. The first-order valence-corrected chi connectivity index (χ1v) is 13.7. The number of carbonyl (C=O) groups is 1. The van der Waals surface area contributed by atoms with E-state index in [4.69, 9.17) is 0 Å². The summed E-state index contributed by atoms with van der Waals surface area (Å²) in [5.74, 6) is -0.847. The van der Waals surface area contributed by atoms with E-state index in [0.717, 1.165) is 42.4 Å². The molecule has 38 heavy (non-hydrogen) atoms. The van der Waals surface area contributed by atoms with Crippen LogP contribution in [0.2, 0.25) is 0 Å². The normalized spacial score (nSPS) is 12.9. The van der Waals surface area contributed by atoms with Crippen LogP contribution in [0.25, 0.3) is 11.1 Å². The molecule has 0 heterocycles. The van der Waals surface area contributed by atoms with Crippen molar-refractivity contribution in [3.63, 3.8) is 0 Å². The smallest absolute Gasteiger partial charge is 0.307 e. The van der Waals surface area contributed by atoms with E-state index in [1.165, 1.54) is 28.3 Å². The summed E-state index contributed by atoms with van der Waals surface area (Å²) in [6.45, 7) is 15.0. The zero-order valence-electron chi connectivity index (χ0n) is 24.1. The molecular formula is C34H44O4.